The number of carbonyl (C=O) groups is 1. The molecule has 39 heavy (non-hydrogen) atoms. The molecule has 4 aliphatic rings. The molecule has 0 bridgehead atoms. The lowest BCUT2D eigenvalue weighted by Crippen LogP contribution is -2.63. The highest BCUT2D eigenvalue weighted by molar-refractivity contribution is 5.80. The van der Waals surface area contributed by atoms with E-state index in [2.05, 4.69) is 0 Å². The number of ketones is 1. The quantitative estimate of drug-likeness (QED) is 0.277. The van der Waals surface area contributed by atoms with Gasteiger partial charge in [0.15, 0.2) is 18.4 Å². The lowest BCUT2D eigenvalue weighted by Gasteiger charge is -2.48. The highest BCUT2D eigenvalue weighted by atomic mass is 16.7. The maximum absolute atomic E-state index is 12.3. The van der Waals surface area contributed by atoms with Crippen LogP contribution in [0.4, 0.5) is 0 Å². The standard InChI is InChI=1S/C27H46O12/c1-4-15-8-7-10-17(23(15)39-26-22(33)21(32)19(30)14(3)35-26)37-27-25-24(20(31)18(12-28)38-27)36-16(13(2)29)9-5-6-11-34-25/h14-28,30-33H,4-12H2,1-3H3. The number of fused-ring (bicyclic) bond motifs is 1. The van der Waals surface area contributed by atoms with Gasteiger partial charge in [-0.1, -0.05) is 19.8 Å². The summed E-state index contributed by atoms with van der Waals surface area (Å²) in [5, 5.41) is 51.9. The molecule has 226 valence electrons. The first kappa shape index (κ1) is 31.2. The summed E-state index contributed by atoms with van der Waals surface area (Å²) in [6, 6.07) is 0. The number of carbonyl (C=O) groups excluding carboxylic acids is 1. The molecule has 12 nitrogen and oxygen atoms in total. The van der Waals surface area contributed by atoms with E-state index in [1.54, 1.807) is 6.92 Å². The van der Waals surface area contributed by atoms with Crippen LogP contribution in [-0.4, -0.2) is 124 Å². The smallest absolute Gasteiger partial charge is 0.187 e. The Morgan fingerprint density at radius 3 is 2.31 bits per heavy atom. The molecule has 3 heterocycles. The van der Waals surface area contributed by atoms with Crippen molar-refractivity contribution in [2.45, 2.75) is 145 Å². The summed E-state index contributed by atoms with van der Waals surface area (Å²) in [7, 11) is 0. The van der Waals surface area contributed by atoms with Crippen LogP contribution in [0.3, 0.4) is 0 Å². The van der Waals surface area contributed by atoms with Crippen molar-refractivity contribution in [1.82, 2.24) is 0 Å². The number of hydrogen-bond acceptors (Lipinski definition) is 12. The minimum atomic E-state index is -1.45. The minimum Gasteiger partial charge on any atom is -0.394 e. The third-order valence-electron chi connectivity index (χ3n) is 8.57. The molecule has 3 saturated heterocycles. The van der Waals surface area contributed by atoms with E-state index in [4.69, 9.17) is 28.4 Å². The summed E-state index contributed by atoms with van der Waals surface area (Å²) in [6.07, 6.45) is -7.91. The van der Waals surface area contributed by atoms with Gasteiger partial charge in [0.25, 0.3) is 0 Å². The lowest BCUT2D eigenvalue weighted by molar-refractivity contribution is -0.352. The van der Waals surface area contributed by atoms with Crippen LogP contribution >= 0.6 is 0 Å². The van der Waals surface area contributed by atoms with Gasteiger partial charge in [0.1, 0.15) is 48.8 Å². The molecule has 0 spiro atoms. The summed E-state index contributed by atoms with van der Waals surface area (Å²) < 4.78 is 36.7. The number of Topliss-reactive ketones (excluding diaryl/α,β-unsaturated/α-hetero) is 1. The Balaban J connectivity index is 1.56. The Bertz CT molecular complexity index is 784. The Hall–Kier alpha value is -0.770. The van der Waals surface area contributed by atoms with Gasteiger partial charge in [-0.2, -0.15) is 0 Å². The summed E-state index contributed by atoms with van der Waals surface area (Å²) in [5.74, 6) is -0.0938. The van der Waals surface area contributed by atoms with Gasteiger partial charge in [-0.05, 0) is 51.9 Å². The Morgan fingerprint density at radius 2 is 1.62 bits per heavy atom. The van der Waals surface area contributed by atoms with Gasteiger partial charge >= 0.3 is 0 Å². The Morgan fingerprint density at radius 1 is 0.846 bits per heavy atom. The zero-order chi connectivity index (χ0) is 28.3. The second kappa shape index (κ2) is 13.9. The largest absolute Gasteiger partial charge is 0.394 e. The molecule has 1 saturated carbocycles. The monoisotopic (exact) mass is 562 g/mol. The van der Waals surface area contributed by atoms with Crippen LogP contribution in [-0.2, 0) is 33.2 Å². The van der Waals surface area contributed by atoms with E-state index in [1.807, 2.05) is 6.92 Å². The third kappa shape index (κ3) is 7.00. The average Bonchev–Trinajstić information content (AvgIpc) is 3.03. The van der Waals surface area contributed by atoms with E-state index in [9.17, 15) is 30.3 Å². The van der Waals surface area contributed by atoms with E-state index in [0.717, 1.165) is 25.7 Å². The van der Waals surface area contributed by atoms with Crippen LogP contribution in [0.5, 0.6) is 0 Å². The molecule has 0 aromatic rings. The summed E-state index contributed by atoms with van der Waals surface area (Å²) in [6.45, 7) is 4.96. The summed E-state index contributed by atoms with van der Waals surface area (Å²) in [4.78, 5) is 12.3. The first-order chi connectivity index (χ1) is 18.7. The Labute approximate surface area is 229 Å². The van der Waals surface area contributed by atoms with E-state index in [-0.39, 0.29) is 11.7 Å². The predicted molar refractivity (Wildman–Crippen MR) is 134 cm³/mol. The summed E-state index contributed by atoms with van der Waals surface area (Å²) in [5.41, 5.74) is 0. The van der Waals surface area contributed by atoms with Gasteiger partial charge in [-0.15, -0.1) is 0 Å². The van der Waals surface area contributed by atoms with Crippen LogP contribution in [0.1, 0.15) is 65.7 Å². The molecule has 4 fully saturated rings. The van der Waals surface area contributed by atoms with E-state index < -0.39 is 86.3 Å². The highest BCUT2D eigenvalue weighted by Crippen LogP contribution is 2.37. The van der Waals surface area contributed by atoms with Crippen molar-refractivity contribution >= 4 is 5.78 Å². The highest BCUT2D eigenvalue weighted by Gasteiger charge is 2.51. The molecule has 14 unspecified atom stereocenters. The number of rotatable bonds is 7. The fourth-order valence-corrected chi connectivity index (χ4v) is 6.14. The number of hydrogen-bond donors (Lipinski definition) is 5. The van der Waals surface area contributed by atoms with Crippen LogP contribution in [0.25, 0.3) is 0 Å². The van der Waals surface area contributed by atoms with Crippen LogP contribution < -0.4 is 0 Å². The summed E-state index contributed by atoms with van der Waals surface area (Å²) >= 11 is 0. The van der Waals surface area contributed by atoms with Crippen molar-refractivity contribution in [3.8, 4) is 0 Å². The molecule has 0 aromatic carbocycles. The molecule has 5 N–H and O–H groups in total. The molecule has 3 aliphatic heterocycles. The van der Waals surface area contributed by atoms with Crippen molar-refractivity contribution in [2.75, 3.05) is 13.2 Å². The topological polar surface area (TPSA) is 174 Å². The van der Waals surface area contributed by atoms with E-state index >= 15 is 0 Å². The molecule has 4 rings (SSSR count). The molecule has 1 aliphatic carbocycles. The normalized spacial score (nSPS) is 47.9. The number of aliphatic hydroxyl groups excluding tert-OH is 5. The fraction of sp³-hybridized carbons (Fsp3) is 0.963. The molecule has 0 radical (unpaired) electrons. The molecule has 0 aromatic heterocycles. The van der Waals surface area contributed by atoms with E-state index in [1.165, 1.54) is 6.92 Å². The van der Waals surface area contributed by atoms with Crippen molar-refractivity contribution < 1.29 is 58.7 Å². The van der Waals surface area contributed by atoms with Crippen molar-refractivity contribution in [3.05, 3.63) is 0 Å². The zero-order valence-electron chi connectivity index (χ0n) is 23.0. The predicted octanol–water partition coefficient (Wildman–Crippen LogP) is -0.216. The van der Waals surface area contributed by atoms with Crippen molar-refractivity contribution in [1.29, 1.82) is 0 Å². The number of aliphatic hydroxyl groups is 5. The molecular formula is C27H46O12. The van der Waals surface area contributed by atoms with Gasteiger partial charge in [0.05, 0.1) is 24.9 Å². The SMILES string of the molecule is CCC1CCCC(OC2OC(CO)C(O)C3OC(C(C)=O)CCCCOC23)C1OC1OC(C)C(O)C(O)C1O. The first-order valence-corrected chi connectivity index (χ1v) is 14.4. The average molecular weight is 563 g/mol. The van der Waals surface area contributed by atoms with Crippen LogP contribution in [0.15, 0.2) is 0 Å². The van der Waals surface area contributed by atoms with E-state index in [0.29, 0.717) is 25.9 Å². The maximum atomic E-state index is 12.3. The number of ether oxygens (including phenoxy) is 6. The molecule has 0 amide bonds. The van der Waals surface area contributed by atoms with Gasteiger partial charge in [0.2, 0.25) is 0 Å². The van der Waals surface area contributed by atoms with Crippen LogP contribution in [0.2, 0.25) is 0 Å². The zero-order valence-corrected chi connectivity index (χ0v) is 23.0. The van der Waals surface area contributed by atoms with Gasteiger partial charge in [0, 0.05) is 6.61 Å². The second-order valence-electron chi connectivity index (χ2n) is 11.3. The fourth-order valence-electron chi connectivity index (χ4n) is 6.14. The lowest BCUT2D eigenvalue weighted by atomic mass is 9.82. The Kier molecular flexibility index (Phi) is 11.1. The first-order valence-electron chi connectivity index (χ1n) is 14.4. The maximum Gasteiger partial charge on any atom is 0.187 e. The van der Waals surface area contributed by atoms with Gasteiger partial charge < -0.3 is 54.0 Å². The van der Waals surface area contributed by atoms with Crippen LogP contribution in [0, 0.1) is 5.92 Å². The molecular weight excluding hydrogens is 516 g/mol. The third-order valence-corrected chi connectivity index (χ3v) is 8.57. The molecule has 14 atom stereocenters. The van der Waals surface area contributed by atoms with Gasteiger partial charge in [-0.25, -0.2) is 0 Å². The minimum absolute atomic E-state index is 0.0530. The molecule has 12 heteroatoms. The van der Waals surface area contributed by atoms with Gasteiger partial charge in [-0.3, -0.25) is 4.79 Å². The van der Waals surface area contributed by atoms with Crippen molar-refractivity contribution in [3.63, 3.8) is 0 Å². The second-order valence-corrected chi connectivity index (χ2v) is 11.3. The van der Waals surface area contributed by atoms with Crippen molar-refractivity contribution in [2.24, 2.45) is 5.92 Å².